The van der Waals surface area contributed by atoms with E-state index in [1.165, 1.54) is 0 Å². The molecule has 0 amide bonds. The quantitative estimate of drug-likeness (QED) is 0.353. The van der Waals surface area contributed by atoms with Crippen LogP contribution < -0.4 is 0 Å². The van der Waals surface area contributed by atoms with Gasteiger partial charge >= 0.3 is 137 Å². The molecule has 116 valence electrons. The van der Waals surface area contributed by atoms with Crippen LogP contribution in [-0.4, -0.2) is 18.4 Å². The topological polar surface area (TPSA) is 0 Å². The van der Waals surface area contributed by atoms with Crippen molar-refractivity contribution in [2.45, 2.75) is 72.6 Å². The van der Waals surface area contributed by atoms with Crippen LogP contribution in [-0.2, 0) is 0 Å². The van der Waals surface area contributed by atoms with Gasteiger partial charge < -0.3 is 0 Å². The molecule has 0 unspecified atom stereocenters. The second kappa shape index (κ2) is 5.99. The Morgan fingerprint density at radius 3 is 1.38 bits per heavy atom. The number of benzene rings is 1. The van der Waals surface area contributed by atoms with Crippen LogP contribution in [0.25, 0.3) is 0 Å². The molecule has 21 heavy (non-hydrogen) atoms. The first-order chi connectivity index (χ1) is 9.33. The number of rotatable bonds is 0. The summed E-state index contributed by atoms with van der Waals surface area (Å²) in [7, 11) is 0. The maximum absolute atomic E-state index is 3.93. The van der Waals surface area contributed by atoms with Gasteiger partial charge in [-0.25, -0.2) is 0 Å². The third-order valence-electron chi connectivity index (χ3n) is 4.54. The molecule has 0 fully saturated rings. The number of hydrogen-bond acceptors (Lipinski definition) is 0. The van der Waals surface area contributed by atoms with E-state index in [-0.39, 0.29) is 0 Å². The van der Waals surface area contributed by atoms with Gasteiger partial charge in [-0.1, -0.05) is 0 Å². The van der Waals surface area contributed by atoms with E-state index in [9.17, 15) is 0 Å². The predicted molar refractivity (Wildman–Crippen MR) is 98.2 cm³/mol. The molecule has 0 spiro atoms. The standard InChI is InChI=1S/C8H5.3C4H9.Sn/c1-2-8-6-4-3-5-7-8;3*1-4(2)3;/h3-7H;3*1-3H3;. The van der Waals surface area contributed by atoms with Crippen molar-refractivity contribution >= 4 is 18.4 Å². The van der Waals surface area contributed by atoms with Gasteiger partial charge in [0.15, 0.2) is 0 Å². The normalized spacial score (nSPS) is 13.6. The molecule has 0 saturated carbocycles. The average molecular weight is 391 g/mol. The molecule has 1 rings (SSSR count). The van der Waals surface area contributed by atoms with Crippen LogP contribution >= 0.6 is 0 Å². The summed E-state index contributed by atoms with van der Waals surface area (Å²) in [5, 5.41) is 0. The zero-order valence-corrected chi connectivity index (χ0v) is 18.2. The Labute approximate surface area is 136 Å². The monoisotopic (exact) mass is 392 g/mol. The molecule has 0 aliphatic heterocycles. The molecule has 0 nitrogen and oxygen atoms in total. The van der Waals surface area contributed by atoms with Crippen LogP contribution in [0, 0.1) is 9.86 Å². The molecule has 0 radical (unpaired) electrons. The summed E-state index contributed by atoms with van der Waals surface area (Å²) in [6, 6.07) is 10.5. The minimum atomic E-state index is -2.89. The van der Waals surface area contributed by atoms with Crippen molar-refractivity contribution in [3.05, 3.63) is 35.9 Å². The Morgan fingerprint density at radius 1 is 0.667 bits per heavy atom. The molecule has 0 N–H and O–H groups in total. The number of hydrogen-bond donors (Lipinski definition) is 0. The minimum absolute atomic E-state index is 0.299. The van der Waals surface area contributed by atoms with E-state index in [1.54, 1.807) is 0 Å². The van der Waals surface area contributed by atoms with E-state index in [0.29, 0.717) is 10.3 Å². The fraction of sp³-hybridized carbons (Fsp3) is 0.600. The molecule has 1 heteroatoms. The molecule has 0 aliphatic carbocycles. The molecule has 0 atom stereocenters. The van der Waals surface area contributed by atoms with Crippen LogP contribution in [0.1, 0.15) is 67.9 Å². The Hall–Kier alpha value is -0.421. The van der Waals surface area contributed by atoms with E-state index in [2.05, 4.69) is 103 Å². The first kappa shape index (κ1) is 18.6. The van der Waals surface area contributed by atoms with E-state index >= 15 is 0 Å². The summed E-state index contributed by atoms with van der Waals surface area (Å²) in [4.78, 5) is 0. The van der Waals surface area contributed by atoms with Crippen molar-refractivity contribution < 1.29 is 0 Å². The second-order valence-corrected chi connectivity index (χ2v) is 27.0. The molecule has 0 aromatic heterocycles. The van der Waals surface area contributed by atoms with Crippen molar-refractivity contribution in [1.82, 2.24) is 0 Å². The fourth-order valence-corrected chi connectivity index (χ4v) is 28.0. The Bertz CT molecular complexity index is 486. The van der Waals surface area contributed by atoms with Gasteiger partial charge in [0.2, 0.25) is 0 Å². The summed E-state index contributed by atoms with van der Waals surface area (Å²) in [6.07, 6.45) is 0. The van der Waals surface area contributed by atoms with Crippen molar-refractivity contribution in [3.63, 3.8) is 0 Å². The Balaban J connectivity index is 3.58. The maximum atomic E-state index is 3.93. The third-order valence-corrected chi connectivity index (χ3v) is 25.2. The van der Waals surface area contributed by atoms with Gasteiger partial charge in [-0.15, -0.1) is 0 Å². The SMILES string of the molecule is C[C](C)(C)[Sn]([C]#Cc1ccccc1)([C](C)(C)C)[C](C)(C)C. The van der Waals surface area contributed by atoms with E-state index in [4.69, 9.17) is 0 Å². The van der Waals surface area contributed by atoms with Crippen molar-refractivity contribution in [3.8, 4) is 9.86 Å². The molecule has 0 heterocycles. The Morgan fingerprint density at radius 2 is 1.05 bits per heavy atom. The van der Waals surface area contributed by atoms with Crippen molar-refractivity contribution in [1.29, 1.82) is 0 Å². The van der Waals surface area contributed by atoms with Crippen molar-refractivity contribution in [2.75, 3.05) is 0 Å². The van der Waals surface area contributed by atoms with Gasteiger partial charge in [0, 0.05) is 0 Å². The van der Waals surface area contributed by atoms with Crippen LogP contribution in [0.15, 0.2) is 30.3 Å². The molecular formula is C20H32Sn. The van der Waals surface area contributed by atoms with Crippen LogP contribution in [0.4, 0.5) is 0 Å². The summed E-state index contributed by atoms with van der Waals surface area (Å²) in [6.45, 7) is 21.7. The summed E-state index contributed by atoms with van der Waals surface area (Å²) < 4.78 is 4.83. The molecular weight excluding hydrogens is 359 g/mol. The van der Waals surface area contributed by atoms with Gasteiger partial charge in [-0.05, 0) is 0 Å². The fourth-order valence-electron chi connectivity index (χ4n) is 4.62. The van der Waals surface area contributed by atoms with Crippen LogP contribution in [0.3, 0.4) is 0 Å². The van der Waals surface area contributed by atoms with E-state index in [0.717, 1.165) is 5.56 Å². The van der Waals surface area contributed by atoms with Gasteiger partial charge in [0.25, 0.3) is 0 Å². The van der Waals surface area contributed by atoms with E-state index < -0.39 is 18.4 Å². The summed E-state index contributed by atoms with van der Waals surface area (Å²) >= 11 is -2.89. The van der Waals surface area contributed by atoms with Crippen LogP contribution in [0.5, 0.6) is 0 Å². The zero-order valence-electron chi connectivity index (χ0n) is 15.4. The first-order valence-electron chi connectivity index (χ1n) is 7.91. The van der Waals surface area contributed by atoms with Crippen LogP contribution in [0.2, 0.25) is 10.3 Å². The zero-order chi connectivity index (χ0) is 16.5. The molecule has 1 aromatic carbocycles. The molecule has 0 saturated heterocycles. The summed E-state index contributed by atoms with van der Waals surface area (Å²) in [5.74, 6) is 3.55. The van der Waals surface area contributed by atoms with E-state index in [1.807, 2.05) is 0 Å². The second-order valence-electron chi connectivity index (χ2n) is 9.12. The average Bonchev–Trinajstić information content (AvgIpc) is 2.25. The van der Waals surface area contributed by atoms with Crippen molar-refractivity contribution in [2.24, 2.45) is 0 Å². The molecule has 0 aliphatic rings. The van der Waals surface area contributed by atoms with Gasteiger partial charge in [0.1, 0.15) is 0 Å². The molecule has 1 aromatic rings. The molecule has 0 bridgehead atoms. The Kier molecular flexibility index (Phi) is 5.32. The summed E-state index contributed by atoms with van der Waals surface area (Å²) in [5.41, 5.74) is 1.15. The first-order valence-corrected chi connectivity index (χ1v) is 13.6. The van der Waals surface area contributed by atoms with Gasteiger partial charge in [-0.3, -0.25) is 0 Å². The third kappa shape index (κ3) is 3.67. The van der Waals surface area contributed by atoms with Gasteiger partial charge in [-0.2, -0.15) is 0 Å². The predicted octanol–water partition coefficient (Wildman–Crippen LogP) is 6.43. The van der Waals surface area contributed by atoms with Gasteiger partial charge in [0.05, 0.1) is 0 Å².